The first kappa shape index (κ1) is 9.82. The monoisotopic (exact) mass is 218 g/mol. The maximum atomic E-state index is 12.4. The molecule has 0 amide bonds. The van der Waals surface area contributed by atoms with E-state index in [1.807, 2.05) is 0 Å². The molecular formula is C9H5F3O3. The van der Waals surface area contributed by atoms with Crippen molar-refractivity contribution in [2.24, 2.45) is 0 Å². The fourth-order valence-electron chi connectivity index (χ4n) is 1.47. The number of rotatable bonds is 0. The van der Waals surface area contributed by atoms with Crippen molar-refractivity contribution < 1.29 is 27.8 Å². The SMILES string of the molecule is O=C1OC(C(F)(F)F)c2cccc(O)c21. The number of aromatic hydroxyl groups is 1. The lowest BCUT2D eigenvalue weighted by Gasteiger charge is -2.13. The molecule has 0 radical (unpaired) electrons. The topological polar surface area (TPSA) is 46.5 Å². The number of fused-ring (bicyclic) bond motifs is 1. The molecule has 1 aliphatic rings. The number of ether oxygens (including phenoxy) is 1. The first-order chi connectivity index (χ1) is 6.91. The van der Waals surface area contributed by atoms with Crippen molar-refractivity contribution in [2.45, 2.75) is 12.3 Å². The first-order valence-electron chi connectivity index (χ1n) is 4.01. The second-order valence-corrected chi connectivity index (χ2v) is 3.07. The zero-order valence-corrected chi connectivity index (χ0v) is 7.21. The number of alkyl halides is 3. The van der Waals surface area contributed by atoms with Gasteiger partial charge in [0.05, 0.1) is 0 Å². The van der Waals surface area contributed by atoms with Gasteiger partial charge in [0.1, 0.15) is 11.3 Å². The van der Waals surface area contributed by atoms with Gasteiger partial charge in [-0.1, -0.05) is 12.1 Å². The van der Waals surface area contributed by atoms with Gasteiger partial charge in [-0.05, 0) is 6.07 Å². The average molecular weight is 218 g/mol. The zero-order chi connectivity index (χ0) is 11.2. The molecule has 0 aliphatic carbocycles. The minimum Gasteiger partial charge on any atom is -0.507 e. The predicted molar refractivity (Wildman–Crippen MR) is 42.3 cm³/mol. The van der Waals surface area contributed by atoms with Crippen molar-refractivity contribution in [1.82, 2.24) is 0 Å². The van der Waals surface area contributed by atoms with E-state index in [0.717, 1.165) is 12.1 Å². The van der Waals surface area contributed by atoms with Gasteiger partial charge >= 0.3 is 12.1 Å². The Labute approximate surface area is 82.1 Å². The van der Waals surface area contributed by atoms with Crippen LogP contribution in [0.4, 0.5) is 13.2 Å². The predicted octanol–water partition coefficient (Wildman–Crippen LogP) is 2.17. The molecule has 0 fully saturated rings. The molecule has 1 aliphatic heterocycles. The molecule has 0 saturated carbocycles. The number of phenolic OH excluding ortho intramolecular Hbond substituents is 1. The molecule has 1 aromatic carbocycles. The van der Waals surface area contributed by atoms with Gasteiger partial charge < -0.3 is 9.84 Å². The fourth-order valence-corrected chi connectivity index (χ4v) is 1.47. The molecule has 1 heterocycles. The second kappa shape index (κ2) is 2.88. The molecule has 3 nitrogen and oxygen atoms in total. The molecule has 1 N–H and O–H groups in total. The quantitative estimate of drug-likeness (QED) is 0.679. The summed E-state index contributed by atoms with van der Waals surface area (Å²) in [5.74, 6) is -1.64. The Balaban J connectivity index is 2.57. The molecule has 1 unspecified atom stereocenters. The van der Waals surface area contributed by atoms with Crippen LogP contribution < -0.4 is 0 Å². The van der Waals surface area contributed by atoms with Gasteiger partial charge in [-0.15, -0.1) is 0 Å². The van der Waals surface area contributed by atoms with Crippen LogP contribution >= 0.6 is 0 Å². The van der Waals surface area contributed by atoms with E-state index in [1.165, 1.54) is 6.07 Å². The number of carbonyl (C=O) groups is 1. The Morgan fingerprint density at radius 2 is 2.00 bits per heavy atom. The summed E-state index contributed by atoms with van der Waals surface area (Å²) >= 11 is 0. The minimum atomic E-state index is -4.66. The van der Waals surface area contributed by atoms with E-state index < -0.39 is 29.6 Å². The molecule has 0 spiro atoms. The van der Waals surface area contributed by atoms with Crippen molar-refractivity contribution in [3.63, 3.8) is 0 Å². The first-order valence-corrected chi connectivity index (χ1v) is 4.01. The Morgan fingerprint density at radius 3 is 2.60 bits per heavy atom. The molecule has 0 saturated heterocycles. The van der Waals surface area contributed by atoms with Crippen molar-refractivity contribution >= 4 is 5.97 Å². The third-order valence-corrected chi connectivity index (χ3v) is 2.08. The third kappa shape index (κ3) is 1.42. The molecule has 15 heavy (non-hydrogen) atoms. The van der Waals surface area contributed by atoms with Gasteiger partial charge in [0.15, 0.2) is 0 Å². The van der Waals surface area contributed by atoms with Crippen LogP contribution in [0.2, 0.25) is 0 Å². The van der Waals surface area contributed by atoms with E-state index >= 15 is 0 Å². The van der Waals surface area contributed by atoms with Gasteiger partial charge in [0.25, 0.3) is 0 Å². The number of esters is 1. The van der Waals surface area contributed by atoms with Crippen molar-refractivity contribution in [3.8, 4) is 5.75 Å². The van der Waals surface area contributed by atoms with Crippen molar-refractivity contribution in [1.29, 1.82) is 0 Å². The van der Waals surface area contributed by atoms with E-state index in [-0.39, 0.29) is 5.56 Å². The van der Waals surface area contributed by atoms with E-state index in [4.69, 9.17) is 0 Å². The zero-order valence-electron chi connectivity index (χ0n) is 7.21. The van der Waals surface area contributed by atoms with Crippen LogP contribution in [0, 0.1) is 0 Å². The van der Waals surface area contributed by atoms with Gasteiger partial charge in [0.2, 0.25) is 6.10 Å². The fraction of sp³-hybridized carbons (Fsp3) is 0.222. The highest BCUT2D eigenvalue weighted by molar-refractivity contribution is 5.96. The summed E-state index contributed by atoms with van der Waals surface area (Å²) < 4.78 is 41.3. The Morgan fingerprint density at radius 1 is 1.33 bits per heavy atom. The Hall–Kier alpha value is -1.72. The average Bonchev–Trinajstić information content (AvgIpc) is 2.44. The molecule has 6 heteroatoms. The standard InChI is InChI=1S/C9H5F3O3/c10-9(11,12)7-4-2-1-3-5(13)6(4)8(14)15-7/h1-3,7,13H. The van der Waals surface area contributed by atoms with Crippen LogP contribution in [0.5, 0.6) is 5.75 Å². The number of cyclic esters (lactones) is 1. The maximum Gasteiger partial charge on any atom is 0.429 e. The largest absolute Gasteiger partial charge is 0.507 e. The molecule has 1 atom stereocenters. The van der Waals surface area contributed by atoms with Crippen LogP contribution in [-0.2, 0) is 4.74 Å². The van der Waals surface area contributed by atoms with E-state index in [0.29, 0.717) is 0 Å². The summed E-state index contributed by atoms with van der Waals surface area (Å²) in [6, 6.07) is 3.48. The smallest absolute Gasteiger partial charge is 0.429 e. The van der Waals surface area contributed by atoms with Crippen LogP contribution in [0.1, 0.15) is 22.0 Å². The van der Waals surface area contributed by atoms with Crippen molar-refractivity contribution in [2.75, 3.05) is 0 Å². The number of phenols is 1. The van der Waals surface area contributed by atoms with Gasteiger partial charge in [-0.2, -0.15) is 13.2 Å². The molecule has 0 bridgehead atoms. The molecule has 0 aromatic heterocycles. The highest BCUT2D eigenvalue weighted by Gasteiger charge is 2.50. The van der Waals surface area contributed by atoms with E-state index in [1.54, 1.807) is 0 Å². The number of carbonyl (C=O) groups excluding carboxylic acids is 1. The van der Waals surface area contributed by atoms with E-state index in [9.17, 15) is 23.1 Å². The summed E-state index contributed by atoms with van der Waals surface area (Å²) in [5, 5.41) is 9.22. The Kier molecular flexibility index (Phi) is 1.89. The van der Waals surface area contributed by atoms with Crippen LogP contribution in [-0.4, -0.2) is 17.3 Å². The summed E-state index contributed by atoms with van der Waals surface area (Å²) in [5.41, 5.74) is -0.743. The van der Waals surface area contributed by atoms with Crippen LogP contribution in [0.15, 0.2) is 18.2 Å². The number of benzene rings is 1. The lowest BCUT2D eigenvalue weighted by Crippen LogP contribution is -2.20. The van der Waals surface area contributed by atoms with Crippen LogP contribution in [0.25, 0.3) is 0 Å². The van der Waals surface area contributed by atoms with Gasteiger partial charge in [-0.25, -0.2) is 4.79 Å². The van der Waals surface area contributed by atoms with Crippen LogP contribution in [0.3, 0.4) is 0 Å². The normalized spacial score (nSPS) is 19.9. The highest BCUT2D eigenvalue weighted by atomic mass is 19.4. The van der Waals surface area contributed by atoms with E-state index in [2.05, 4.69) is 4.74 Å². The summed E-state index contributed by atoms with van der Waals surface area (Å²) in [6.07, 6.45) is -6.93. The number of hydrogen-bond acceptors (Lipinski definition) is 3. The third-order valence-electron chi connectivity index (χ3n) is 2.08. The molecule has 80 valence electrons. The summed E-state index contributed by atoms with van der Waals surface area (Å²) in [6.45, 7) is 0. The number of halogens is 3. The van der Waals surface area contributed by atoms with Gasteiger partial charge in [0, 0.05) is 5.56 Å². The molecule has 1 aromatic rings. The minimum absolute atomic E-state index is 0.340. The van der Waals surface area contributed by atoms with Crippen molar-refractivity contribution in [3.05, 3.63) is 29.3 Å². The van der Waals surface area contributed by atoms with Gasteiger partial charge in [-0.3, -0.25) is 0 Å². The summed E-state index contributed by atoms with van der Waals surface area (Å²) in [7, 11) is 0. The maximum absolute atomic E-state index is 12.4. The highest BCUT2D eigenvalue weighted by Crippen LogP contribution is 2.44. The lowest BCUT2D eigenvalue weighted by atomic mass is 10.0. The molecule has 2 rings (SSSR count). The Bertz CT molecular complexity index is 425. The summed E-state index contributed by atoms with van der Waals surface area (Å²) in [4.78, 5) is 11.1. The second-order valence-electron chi connectivity index (χ2n) is 3.07. The lowest BCUT2D eigenvalue weighted by molar-refractivity contribution is -0.203. The number of hydrogen-bond donors (Lipinski definition) is 1. The molecular weight excluding hydrogens is 213 g/mol.